The molecular weight excluding hydrogens is 406 g/mol. The normalized spacial score (nSPS) is 14.2. The van der Waals surface area contributed by atoms with Crippen LogP contribution >= 0.6 is 11.8 Å². The lowest BCUT2D eigenvalue weighted by Gasteiger charge is -2.37. The highest BCUT2D eigenvalue weighted by atomic mass is 32.2. The van der Waals surface area contributed by atoms with Gasteiger partial charge in [0.05, 0.1) is 5.75 Å². The van der Waals surface area contributed by atoms with Gasteiger partial charge >= 0.3 is 0 Å². The molecule has 2 heterocycles. The third-order valence-electron chi connectivity index (χ3n) is 6.16. The van der Waals surface area contributed by atoms with Crippen molar-refractivity contribution < 1.29 is 4.79 Å². The van der Waals surface area contributed by atoms with Crippen LogP contribution in [0.25, 0.3) is 5.69 Å². The molecule has 1 aliphatic heterocycles. The van der Waals surface area contributed by atoms with Gasteiger partial charge in [0.1, 0.15) is 6.33 Å². The lowest BCUT2D eigenvalue weighted by Crippen LogP contribution is -2.49. The second kappa shape index (κ2) is 9.14. The van der Waals surface area contributed by atoms with Crippen molar-refractivity contribution >= 4 is 23.4 Å². The number of carbonyl (C=O) groups is 1. The highest BCUT2D eigenvalue weighted by Gasteiger charge is 2.23. The number of amides is 1. The molecule has 1 aromatic heterocycles. The van der Waals surface area contributed by atoms with E-state index in [1.165, 1.54) is 39.7 Å². The number of aromatic nitrogens is 3. The largest absolute Gasteiger partial charge is 0.368 e. The van der Waals surface area contributed by atoms with Crippen molar-refractivity contribution in [2.45, 2.75) is 32.9 Å². The molecule has 0 unspecified atom stereocenters. The Morgan fingerprint density at radius 2 is 1.74 bits per heavy atom. The SMILES string of the molecule is Cc1ccc(-n2cnnc2SCC(=O)N2CCN(c3cccc(C)c3C)CC2)cc1C. The van der Waals surface area contributed by atoms with E-state index in [0.29, 0.717) is 5.75 Å². The predicted molar refractivity (Wildman–Crippen MR) is 126 cm³/mol. The van der Waals surface area contributed by atoms with Crippen LogP contribution in [0.1, 0.15) is 22.3 Å². The van der Waals surface area contributed by atoms with Gasteiger partial charge in [-0.1, -0.05) is 30.0 Å². The van der Waals surface area contributed by atoms with Crippen LogP contribution < -0.4 is 4.90 Å². The molecule has 31 heavy (non-hydrogen) atoms. The molecule has 1 aliphatic rings. The summed E-state index contributed by atoms with van der Waals surface area (Å²) in [7, 11) is 0. The van der Waals surface area contributed by atoms with Gasteiger partial charge in [0.15, 0.2) is 5.16 Å². The zero-order chi connectivity index (χ0) is 22.0. The Morgan fingerprint density at radius 1 is 0.968 bits per heavy atom. The zero-order valence-electron chi connectivity index (χ0n) is 18.6. The molecule has 7 heteroatoms. The molecule has 4 rings (SSSR count). The van der Waals surface area contributed by atoms with Gasteiger partial charge in [0.2, 0.25) is 5.91 Å². The molecule has 0 saturated carbocycles. The summed E-state index contributed by atoms with van der Waals surface area (Å²) in [5, 5.41) is 9.03. The average Bonchev–Trinajstić information content (AvgIpc) is 3.25. The van der Waals surface area contributed by atoms with Crippen LogP contribution in [0.2, 0.25) is 0 Å². The Hall–Kier alpha value is -2.80. The van der Waals surface area contributed by atoms with Gasteiger partial charge in [-0.2, -0.15) is 0 Å². The molecule has 0 atom stereocenters. The van der Waals surface area contributed by atoms with Crippen LogP contribution in [0, 0.1) is 27.7 Å². The molecular formula is C24H29N5OS. The smallest absolute Gasteiger partial charge is 0.233 e. The Morgan fingerprint density at radius 3 is 2.48 bits per heavy atom. The van der Waals surface area contributed by atoms with E-state index < -0.39 is 0 Å². The van der Waals surface area contributed by atoms with E-state index in [1.54, 1.807) is 6.33 Å². The van der Waals surface area contributed by atoms with Crippen LogP contribution in [0.3, 0.4) is 0 Å². The number of hydrogen-bond donors (Lipinski definition) is 0. The van der Waals surface area contributed by atoms with Crippen LogP contribution in [-0.2, 0) is 4.79 Å². The first-order chi connectivity index (χ1) is 14.9. The second-order valence-corrected chi connectivity index (χ2v) is 9.07. The van der Waals surface area contributed by atoms with Crippen molar-refractivity contribution in [1.29, 1.82) is 0 Å². The summed E-state index contributed by atoms with van der Waals surface area (Å²) >= 11 is 1.45. The van der Waals surface area contributed by atoms with Gasteiger partial charge in [-0.25, -0.2) is 0 Å². The van der Waals surface area contributed by atoms with Crippen molar-refractivity contribution in [3.63, 3.8) is 0 Å². The van der Waals surface area contributed by atoms with Gasteiger partial charge in [0, 0.05) is 37.6 Å². The molecule has 1 amide bonds. The Kier molecular flexibility index (Phi) is 6.32. The Bertz CT molecular complexity index is 1090. The van der Waals surface area contributed by atoms with E-state index in [4.69, 9.17) is 0 Å². The van der Waals surface area contributed by atoms with Crippen LogP contribution in [0.15, 0.2) is 47.9 Å². The van der Waals surface area contributed by atoms with E-state index in [9.17, 15) is 4.79 Å². The van der Waals surface area contributed by atoms with Gasteiger partial charge in [-0.15, -0.1) is 10.2 Å². The van der Waals surface area contributed by atoms with Crippen LogP contribution in [0.5, 0.6) is 0 Å². The molecule has 3 aromatic rings. The van der Waals surface area contributed by atoms with Crippen LogP contribution in [0.4, 0.5) is 5.69 Å². The second-order valence-electron chi connectivity index (χ2n) is 8.13. The standard InChI is InChI=1S/C24H29N5OS/c1-17-8-9-21(14-19(17)3)29-16-25-26-24(29)31-15-23(30)28-12-10-27(11-13-28)22-7-5-6-18(2)20(22)4/h5-9,14,16H,10-13,15H2,1-4H3. The van der Waals surface area contributed by atoms with Crippen LogP contribution in [-0.4, -0.2) is 57.5 Å². The van der Waals surface area contributed by atoms with E-state index >= 15 is 0 Å². The van der Waals surface area contributed by atoms with Crippen molar-refractivity contribution in [2.75, 3.05) is 36.8 Å². The number of piperazine rings is 1. The molecule has 1 saturated heterocycles. The Labute approximate surface area is 188 Å². The third-order valence-corrected chi connectivity index (χ3v) is 7.09. The first-order valence-corrected chi connectivity index (χ1v) is 11.6. The van der Waals surface area contributed by atoms with E-state index in [1.807, 2.05) is 9.47 Å². The molecule has 2 aromatic carbocycles. The maximum Gasteiger partial charge on any atom is 0.233 e. The van der Waals surface area contributed by atoms with E-state index in [0.717, 1.165) is 37.0 Å². The van der Waals surface area contributed by atoms with Gasteiger partial charge in [0.25, 0.3) is 0 Å². The fourth-order valence-electron chi connectivity index (χ4n) is 3.87. The highest BCUT2D eigenvalue weighted by molar-refractivity contribution is 7.99. The first-order valence-electron chi connectivity index (χ1n) is 10.6. The summed E-state index contributed by atoms with van der Waals surface area (Å²) in [6, 6.07) is 12.7. The Balaban J connectivity index is 1.35. The minimum Gasteiger partial charge on any atom is -0.368 e. The summed E-state index contributed by atoms with van der Waals surface area (Å²) < 4.78 is 1.95. The quantitative estimate of drug-likeness (QED) is 0.568. The molecule has 0 bridgehead atoms. The lowest BCUT2D eigenvalue weighted by atomic mass is 10.1. The molecule has 162 valence electrons. The summed E-state index contributed by atoms with van der Waals surface area (Å²) in [5.41, 5.74) is 7.40. The highest BCUT2D eigenvalue weighted by Crippen LogP contribution is 2.25. The fraction of sp³-hybridized carbons (Fsp3) is 0.375. The molecule has 6 nitrogen and oxygen atoms in total. The molecule has 0 spiro atoms. The number of benzene rings is 2. The van der Waals surface area contributed by atoms with Gasteiger partial charge < -0.3 is 9.80 Å². The summed E-state index contributed by atoms with van der Waals surface area (Å²) in [5.74, 6) is 0.521. The van der Waals surface area contributed by atoms with Crippen molar-refractivity contribution in [1.82, 2.24) is 19.7 Å². The fourth-order valence-corrected chi connectivity index (χ4v) is 4.70. The number of aryl methyl sites for hydroxylation is 3. The number of hydrogen-bond acceptors (Lipinski definition) is 5. The van der Waals surface area contributed by atoms with E-state index in [-0.39, 0.29) is 5.91 Å². The number of nitrogens with zero attached hydrogens (tertiary/aromatic N) is 5. The van der Waals surface area contributed by atoms with Crippen molar-refractivity contribution in [2.24, 2.45) is 0 Å². The number of carbonyl (C=O) groups excluding carboxylic acids is 1. The topological polar surface area (TPSA) is 54.3 Å². The van der Waals surface area contributed by atoms with Crippen molar-refractivity contribution in [3.05, 3.63) is 65.0 Å². The predicted octanol–water partition coefficient (Wildman–Crippen LogP) is 3.94. The monoisotopic (exact) mass is 435 g/mol. The number of anilines is 1. The van der Waals surface area contributed by atoms with E-state index in [2.05, 4.69) is 79.2 Å². The van der Waals surface area contributed by atoms with Gasteiger partial charge in [-0.3, -0.25) is 9.36 Å². The van der Waals surface area contributed by atoms with Crippen molar-refractivity contribution in [3.8, 4) is 5.69 Å². The first kappa shape index (κ1) is 21.4. The van der Waals surface area contributed by atoms with Gasteiger partial charge in [-0.05, 0) is 68.1 Å². The summed E-state index contributed by atoms with van der Waals surface area (Å²) in [6.07, 6.45) is 1.71. The number of rotatable bonds is 5. The maximum absolute atomic E-state index is 12.8. The summed E-state index contributed by atoms with van der Waals surface area (Å²) in [6.45, 7) is 11.7. The maximum atomic E-state index is 12.8. The minimum atomic E-state index is 0.153. The molecule has 0 N–H and O–H groups in total. The third kappa shape index (κ3) is 4.61. The zero-order valence-corrected chi connectivity index (χ0v) is 19.4. The minimum absolute atomic E-state index is 0.153. The summed E-state index contributed by atoms with van der Waals surface area (Å²) in [4.78, 5) is 17.2. The molecule has 0 radical (unpaired) electrons. The lowest BCUT2D eigenvalue weighted by molar-refractivity contribution is -0.128. The molecule has 0 aliphatic carbocycles. The number of thioether (sulfide) groups is 1. The average molecular weight is 436 g/mol. The molecule has 1 fully saturated rings.